The second-order valence-electron chi connectivity index (χ2n) is 15.8. The SMILES string of the molecule is COc1cc(C(=O)N2C[C@H](N)C[C@@H](F)C2)cc2nc(-c3cc4cccc(N5CCN(C6C=CC=CN6C(C)=O)CC5)c4n3CC3CC3)n(Cc3cnn(C)c3)c12. The van der Waals surface area contributed by atoms with Gasteiger partial charge in [0.15, 0.2) is 5.82 Å². The molecule has 3 atom stereocenters. The number of piperidine rings is 1. The number of piperazine rings is 1. The number of aryl methyl sites for hydroxylation is 1. The second kappa shape index (κ2) is 14.6. The molecule has 4 aliphatic rings. The number of alkyl halides is 1. The van der Waals surface area contributed by atoms with Gasteiger partial charge < -0.3 is 29.4 Å². The standard InChI is InChI=1S/C42H49FN10O3/c1-27(54)51-12-5-4-9-38(51)49-15-13-48(14-16-49)35-8-6-7-30-18-36(52(39(30)35)23-28-10-11-28)41-46-34-17-31(42(55)50-25-32(43)20-33(44)26-50)19-37(56-3)40(34)53(41)24-29-21-45-47(2)22-29/h4-9,12,17-19,21-22,28,32-33,38H,10-11,13-16,20,23-26,44H2,1-3H3/t32-,33-,38?/m1/s1. The molecule has 1 aliphatic carbocycles. The number of halogens is 1. The average Bonchev–Trinajstić information content (AvgIpc) is 3.65. The van der Waals surface area contributed by atoms with Crippen molar-refractivity contribution in [2.45, 2.75) is 57.7 Å². The van der Waals surface area contributed by atoms with Crippen molar-refractivity contribution in [3.05, 3.63) is 84.3 Å². The largest absolute Gasteiger partial charge is 0.494 e. The number of carbonyl (C=O) groups excluding carboxylic acids is 2. The Morgan fingerprint density at radius 3 is 2.55 bits per heavy atom. The molecule has 2 amide bonds. The van der Waals surface area contributed by atoms with Gasteiger partial charge in [-0.3, -0.25) is 24.1 Å². The second-order valence-corrected chi connectivity index (χ2v) is 15.8. The number of nitrogens with zero attached hydrogens (tertiary/aromatic N) is 9. The molecule has 0 spiro atoms. The van der Waals surface area contributed by atoms with E-state index in [1.165, 1.54) is 28.9 Å². The van der Waals surface area contributed by atoms with Crippen LogP contribution in [0.2, 0.25) is 0 Å². The summed E-state index contributed by atoms with van der Waals surface area (Å²) in [6, 6.07) is 11.9. The van der Waals surface area contributed by atoms with E-state index in [4.69, 9.17) is 15.5 Å². The summed E-state index contributed by atoms with van der Waals surface area (Å²) in [5.41, 5.74) is 12.3. The maximum Gasteiger partial charge on any atom is 0.254 e. The summed E-state index contributed by atoms with van der Waals surface area (Å²) in [5, 5.41) is 5.59. The summed E-state index contributed by atoms with van der Waals surface area (Å²) in [5.74, 6) is 1.60. The van der Waals surface area contributed by atoms with Crippen LogP contribution in [0.3, 0.4) is 0 Å². The van der Waals surface area contributed by atoms with E-state index in [0.717, 1.165) is 60.7 Å². The van der Waals surface area contributed by atoms with Crippen LogP contribution in [0.5, 0.6) is 5.75 Å². The molecule has 2 N–H and O–H groups in total. The van der Waals surface area contributed by atoms with Crippen molar-refractivity contribution in [1.82, 2.24) is 38.6 Å². The molecule has 0 radical (unpaired) electrons. The number of nitrogens with two attached hydrogens (primary N) is 1. The zero-order valence-corrected chi connectivity index (χ0v) is 32.2. The number of likely N-dealkylation sites (tertiary alicyclic amines) is 1. The van der Waals surface area contributed by atoms with Crippen molar-refractivity contribution in [3.63, 3.8) is 0 Å². The number of aromatic nitrogens is 5. The zero-order chi connectivity index (χ0) is 38.7. The Balaban J connectivity index is 1.14. The molecule has 1 saturated carbocycles. The van der Waals surface area contributed by atoms with Gasteiger partial charge in [-0.15, -0.1) is 0 Å². The summed E-state index contributed by atoms with van der Waals surface area (Å²) >= 11 is 0. The molecular weight excluding hydrogens is 712 g/mol. The lowest BCUT2D eigenvalue weighted by molar-refractivity contribution is -0.130. The maximum atomic E-state index is 14.6. The number of hydrogen-bond acceptors (Lipinski definition) is 8. The van der Waals surface area contributed by atoms with Crippen molar-refractivity contribution in [2.24, 2.45) is 18.7 Å². The number of rotatable bonds is 9. The van der Waals surface area contributed by atoms with Gasteiger partial charge >= 0.3 is 0 Å². The summed E-state index contributed by atoms with van der Waals surface area (Å²) in [6.07, 6.45) is 13.1. The third-order valence-electron chi connectivity index (χ3n) is 11.7. The zero-order valence-electron chi connectivity index (χ0n) is 32.2. The minimum absolute atomic E-state index is 0.0120. The predicted octanol–water partition coefficient (Wildman–Crippen LogP) is 4.75. The average molecular weight is 761 g/mol. The minimum Gasteiger partial charge on any atom is -0.494 e. The molecule has 292 valence electrons. The molecule has 2 saturated heterocycles. The Morgan fingerprint density at radius 1 is 1.02 bits per heavy atom. The molecule has 3 fully saturated rings. The first-order valence-electron chi connectivity index (χ1n) is 19.7. The highest BCUT2D eigenvalue weighted by molar-refractivity contribution is 6.01. The highest BCUT2D eigenvalue weighted by Crippen LogP contribution is 2.41. The number of allylic oxidation sites excluding steroid dienone is 2. The fourth-order valence-corrected chi connectivity index (χ4v) is 8.81. The number of ether oxygens (including phenoxy) is 1. The van der Waals surface area contributed by atoms with Crippen LogP contribution in [-0.4, -0.2) is 115 Å². The molecule has 3 aliphatic heterocycles. The maximum absolute atomic E-state index is 14.6. The minimum atomic E-state index is -1.16. The van der Waals surface area contributed by atoms with E-state index in [1.807, 2.05) is 37.8 Å². The molecule has 13 nitrogen and oxygen atoms in total. The van der Waals surface area contributed by atoms with Gasteiger partial charge in [-0.2, -0.15) is 5.10 Å². The van der Waals surface area contributed by atoms with Crippen molar-refractivity contribution in [1.29, 1.82) is 0 Å². The van der Waals surface area contributed by atoms with E-state index < -0.39 is 12.2 Å². The summed E-state index contributed by atoms with van der Waals surface area (Å²) in [4.78, 5) is 39.8. The predicted molar refractivity (Wildman–Crippen MR) is 214 cm³/mol. The van der Waals surface area contributed by atoms with Crippen molar-refractivity contribution in [2.75, 3.05) is 51.3 Å². The van der Waals surface area contributed by atoms with Gasteiger partial charge in [0.2, 0.25) is 5.91 Å². The number of amides is 2. The molecule has 0 bridgehead atoms. The van der Waals surface area contributed by atoms with E-state index in [0.29, 0.717) is 35.8 Å². The van der Waals surface area contributed by atoms with Crippen LogP contribution in [0.15, 0.2) is 73.2 Å². The van der Waals surface area contributed by atoms with E-state index in [9.17, 15) is 14.0 Å². The van der Waals surface area contributed by atoms with Gasteiger partial charge in [0.25, 0.3) is 5.91 Å². The lowest BCUT2D eigenvalue weighted by atomic mass is 10.0. The number of para-hydroxylation sites is 1. The molecule has 9 rings (SSSR count). The number of imidazole rings is 1. The normalized spacial score (nSPS) is 21.8. The van der Waals surface area contributed by atoms with Gasteiger partial charge in [0.1, 0.15) is 23.6 Å². The van der Waals surface area contributed by atoms with Crippen LogP contribution >= 0.6 is 0 Å². The summed E-state index contributed by atoms with van der Waals surface area (Å²) in [6.45, 7) is 6.54. The van der Waals surface area contributed by atoms with Crippen LogP contribution in [-0.2, 0) is 24.9 Å². The van der Waals surface area contributed by atoms with Gasteiger partial charge in [0.05, 0.1) is 48.8 Å². The molecular formula is C42H49FN10O3. The molecule has 56 heavy (non-hydrogen) atoms. The van der Waals surface area contributed by atoms with E-state index in [1.54, 1.807) is 35.7 Å². The monoisotopic (exact) mass is 760 g/mol. The summed E-state index contributed by atoms with van der Waals surface area (Å²) < 4.78 is 27.0. The van der Waals surface area contributed by atoms with Gasteiger partial charge in [-0.05, 0) is 61.6 Å². The third-order valence-corrected chi connectivity index (χ3v) is 11.7. The van der Waals surface area contributed by atoms with Crippen LogP contribution < -0.4 is 15.4 Å². The fourth-order valence-electron chi connectivity index (χ4n) is 8.81. The van der Waals surface area contributed by atoms with Gasteiger partial charge in [-0.25, -0.2) is 9.37 Å². The Hall–Kier alpha value is -5.47. The van der Waals surface area contributed by atoms with Crippen LogP contribution in [0.25, 0.3) is 33.5 Å². The quantitative estimate of drug-likeness (QED) is 0.229. The van der Waals surface area contributed by atoms with E-state index in [-0.39, 0.29) is 30.9 Å². The number of benzene rings is 2. The van der Waals surface area contributed by atoms with Gasteiger partial charge in [-0.1, -0.05) is 18.2 Å². The molecule has 5 aromatic rings. The number of carbonyl (C=O) groups is 2. The Labute approximate surface area is 325 Å². The Kier molecular flexibility index (Phi) is 9.40. The highest BCUT2D eigenvalue weighted by Gasteiger charge is 2.33. The van der Waals surface area contributed by atoms with E-state index >= 15 is 0 Å². The first-order chi connectivity index (χ1) is 27.1. The van der Waals surface area contributed by atoms with Crippen LogP contribution in [0, 0.1) is 5.92 Å². The van der Waals surface area contributed by atoms with Crippen molar-refractivity contribution >= 4 is 39.4 Å². The first kappa shape index (κ1) is 36.2. The molecule has 1 unspecified atom stereocenters. The van der Waals surface area contributed by atoms with Crippen LogP contribution in [0.1, 0.15) is 42.1 Å². The number of methoxy groups -OCH3 is 1. The lowest BCUT2D eigenvalue weighted by Crippen LogP contribution is -2.55. The lowest BCUT2D eigenvalue weighted by Gasteiger charge is -2.43. The molecule has 6 heterocycles. The smallest absolute Gasteiger partial charge is 0.254 e. The fraction of sp³-hybridized carbons (Fsp3) is 0.429. The number of anilines is 1. The van der Waals surface area contributed by atoms with E-state index in [2.05, 4.69) is 54.4 Å². The highest BCUT2D eigenvalue weighted by atomic mass is 19.1. The Bertz CT molecular complexity index is 2350. The van der Waals surface area contributed by atoms with Crippen molar-refractivity contribution in [3.8, 4) is 17.3 Å². The number of hydrogen-bond donors (Lipinski definition) is 1. The first-order valence-corrected chi connectivity index (χ1v) is 19.7. The van der Waals surface area contributed by atoms with Crippen molar-refractivity contribution < 1.29 is 18.7 Å². The molecule has 3 aromatic heterocycles. The molecule has 2 aromatic carbocycles. The topological polar surface area (TPSA) is 123 Å². The third kappa shape index (κ3) is 6.74. The number of fused-ring (bicyclic) bond motifs is 2. The van der Waals surface area contributed by atoms with Gasteiger partial charge in [0, 0.05) is 88.2 Å². The summed E-state index contributed by atoms with van der Waals surface area (Å²) in [7, 11) is 3.51. The van der Waals surface area contributed by atoms with Crippen LogP contribution in [0.4, 0.5) is 10.1 Å². The Morgan fingerprint density at radius 2 is 1.84 bits per heavy atom. The molecule has 14 heteroatoms.